The summed E-state index contributed by atoms with van der Waals surface area (Å²) in [5, 5.41) is 7.03. The molecule has 1 aliphatic rings. The zero-order valence-corrected chi connectivity index (χ0v) is 11.2. The lowest BCUT2D eigenvalue weighted by molar-refractivity contribution is 0.0946. The number of nitrogens with zero attached hydrogens (tertiary/aromatic N) is 3. The van der Waals surface area contributed by atoms with Gasteiger partial charge in [0.25, 0.3) is 5.91 Å². The number of pyridine rings is 1. The van der Waals surface area contributed by atoms with Crippen molar-refractivity contribution in [3.8, 4) is 17.1 Å². The van der Waals surface area contributed by atoms with Gasteiger partial charge in [-0.05, 0) is 24.3 Å². The van der Waals surface area contributed by atoms with Crippen molar-refractivity contribution in [2.24, 2.45) is 0 Å². The highest BCUT2D eigenvalue weighted by atomic mass is 16.1. The summed E-state index contributed by atoms with van der Waals surface area (Å²) in [5.74, 6) is 0.731. The molecule has 4 heterocycles. The highest BCUT2D eigenvalue weighted by molar-refractivity contribution is 5.97. The fourth-order valence-electron chi connectivity index (χ4n) is 2.56. The second-order valence-corrected chi connectivity index (χ2v) is 4.93. The van der Waals surface area contributed by atoms with Gasteiger partial charge >= 0.3 is 0 Å². The van der Waals surface area contributed by atoms with Gasteiger partial charge in [0.05, 0.1) is 5.56 Å². The van der Waals surface area contributed by atoms with Crippen LogP contribution in [0.2, 0.25) is 0 Å². The van der Waals surface area contributed by atoms with E-state index in [2.05, 4.69) is 20.4 Å². The SMILES string of the molecule is O=C1NCCc2[nH]c(-c3ccnc(-n4cccn4)c3)cc21. The molecule has 2 N–H and O–H groups in total. The first kappa shape index (κ1) is 11.9. The van der Waals surface area contributed by atoms with Gasteiger partial charge in [-0.15, -0.1) is 0 Å². The molecule has 0 aliphatic carbocycles. The van der Waals surface area contributed by atoms with Gasteiger partial charge in [-0.3, -0.25) is 4.79 Å². The van der Waals surface area contributed by atoms with Crippen molar-refractivity contribution in [1.29, 1.82) is 0 Å². The van der Waals surface area contributed by atoms with E-state index in [-0.39, 0.29) is 5.91 Å². The normalized spacial score (nSPS) is 13.8. The van der Waals surface area contributed by atoms with E-state index in [0.717, 1.165) is 34.8 Å². The molecule has 0 saturated carbocycles. The summed E-state index contributed by atoms with van der Waals surface area (Å²) in [5.41, 5.74) is 3.63. The van der Waals surface area contributed by atoms with Crippen molar-refractivity contribution in [2.45, 2.75) is 6.42 Å². The molecule has 104 valence electrons. The minimum Gasteiger partial charge on any atom is -0.358 e. The van der Waals surface area contributed by atoms with Crippen LogP contribution in [0, 0.1) is 0 Å². The molecule has 1 aliphatic heterocycles. The summed E-state index contributed by atoms with van der Waals surface area (Å²) in [4.78, 5) is 19.5. The maximum Gasteiger partial charge on any atom is 0.253 e. The Morgan fingerprint density at radius 1 is 1.24 bits per heavy atom. The molecule has 3 aromatic rings. The van der Waals surface area contributed by atoms with Crippen molar-refractivity contribution in [3.05, 3.63) is 54.1 Å². The maximum atomic E-state index is 11.8. The number of amides is 1. The van der Waals surface area contributed by atoms with Crippen LogP contribution in [0.1, 0.15) is 16.1 Å². The molecule has 0 bridgehead atoms. The summed E-state index contributed by atoms with van der Waals surface area (Å²) in [6.07, 6.45) is 6.13. The Hall–Kier alpha value is -2.89. The van der Waals surface area contributed by atoms with E-state index in [1.807, 2.05) is 30.5 Å². The lowest BCUT2D eigenvalue weighted by atomic mass is 10.1. The number of carbonyl (C=O) groups excluding carboxylic acids is 1. The molecule has 0 fully saturated rings. The summed E-state index contributed by atoms with van der Waals surface area (Å²) in [6, 6.07) is 7.61. The van der Waals surface area contributed by atoms with Crippen molar-refractivity contribution >= 4 is 5.91 Å². The van der Waals surface area contributed by atoms with Crippen LogP contribution < -0.4 is 5.32 Å². The minimum atomic E-state index is -0.0138. The summed E-state index contributed by atoms with van der Waals surface area (Å²) in [6.45, 7) is 0.681. The molecule has 21 heavy (non-hydrogen) atoms. The molecular weight excluding hydrogens is 266 g/mol. The fraction of sp³-hybridized carbons (Fsp3) is 0.133. The second-order valence-electron chi connectivity index (χ2n) is 4.93. The van der Waals surface area contributed by atoms with E-state index in [4.69, 9.17) is 0 Å². The molecule has 6 heteroatoms. The average Bonchev–Trinajstić information content (AvgIpc) is 3.18. The van der Waals surface area contributed by atoms with Gasteiger partial charge in [0, 0.05) is 48.5 Å². The third-order valence-electron chi connectivity index (χ3n) is 3.60. The lowest BCUT2D eigenvalue weighted by Crippen LogP contribution is -2.31. The van der Waals surface area contributed by atoms with Crippen LogP contribution in [0.3, 0.4) is 0 Å². The number of aromatic amines is 1. The first-order chi connectivity index (χ1) is 10.3. The van der Waals surface area contributed by atoms with Crippen LogP contribution in [-0.4, -0.2) is 32.2 Å². The topological polar surface area (TPSA) is 75.6 Å². The van der Waals surface area contributed by atoms with Gasteiger partial charge in [-0.2, -0.15) is 5.10 Å². The molecular formula is C15H13N5O. The van der Waals surface area contributed by atoms with Crippen LogP contribution in [0.4, 0.5) is 0 Å². The Labute approximate surface area is 120 Å². The third-order valence-corrected chi connectivity index (χ3v) is 3.60. The Balaban J connectivity index is 1.77. The van der Waals surface area contributed by atoms with E-state index in [1.54, 1.807) is 17.1 Å². The Kier molecular flexibility index (Phi) is 2.60. The molecule has 0 radical (unpaired) electrons. The smallest absolute Gasteiger partial charge is 0.253 e. The van der Waals surface area contributed by atoms with Crippen molar-refractivity contribution in [2.75, 3.05) is 6.54 Å². The number of hydrogen-bond acceptors (Lipinski definition) is 3. The molecule has 1 amide bonds. The van der Waals surface area contributed by atoms with E-state index in [9.17, 15) is 4.79 Å². The maximum absolute atomic E-state index is 11.8. The molecule has 0 aromatic carbocycles. The van der Waals surface area contributed by atoms with Crippen LogP contribution >= 0.6 is 0 Å². The third kappa shape index (κ3) is 2.01. The first-order valence-electron chi connectivity index (χ1n) is 6.78. The Morgan fingerprint density at radius 3 is 3.00 bits per heavy atom. The monoisotopic (exact) mass is 279 g/mol. The molecule has 4 rings (SSSR count). The van der Waals surface area contributed by atoms with Crippen molar-refractivity contribution < 1.29 is 4.79 Å². The summed E-state index contributed by atoms with van der Waals surface area (Å²) >= 11 is 0. The summed E-state index contributed by atoms with van der Waals surface area (Å²) in [7, 11) is 0. The quantitative estimate of drug-likeness (QED) is 0.747. The number of fused-ring (bicyclic) bond motifs is 1. The van der Waals surface area contributed by atoms with Gasteiger partial charge in [0.15, 0.2) is 5.82 Å². The van der Waals surface area contributed by atoms with Gasteiger partial charge < -0.3 is 10.3 Å². The second kappa shape index (κ2) is 4.59. The lowest BCUT2D eigenvalue weighted by Gasteiger charge is -2.10. The number of hydrogen-bond donors (Lipinski definition) is 2. The first-order valence-corrected chi connectivity index (χ1v) is 6.78. The van der Waals surface area contributed by atoms with Gasteiger partial charge in [0.1, 0.15) is 0 Å². The minimum absolute atomic E-state index is 0.0138. The van der Waals surface area contributed by atoms with Crippen LogP contribution in [0.5, 0.6) is 0 Å². The number of carbonyl (C=O) groups is 1. The number of aromatic nitrogens is 4. The van der Waals surface area contributed by atoms with Crippen LogP contribution in [0.25, 0.3) is 17.1 Å². The van der Waals surface area contributed by atoms with E-state index < -0.39 is 0 Å². The molecule has 0 spiro atoms. The average molecular weight is 279 g/mol. The van der Waals surface area contributed by atoms with Crippen molar-refractivity contribution in [1.82, 2.24) is 25.1 Å². The zero-order chi connectivity index (χ0) is 14.2. The van der Waals surface area contributed by atoms with Gasteiger partial charge in [0.2, 0.25) is 0 Å². The molecule has 3 aromatic heterocycles. The van der Waals surface area contributed by atoms with Gasteiger partial charge in [-0.25, -0.2) is 9.67 Å². The molecule has 0 saturated heterocycles. The molecule has 0 atom stereocenters. The Bertz CT molecular complexity index is 803. The highest BCUT2D eigenvalue weighted by Crippen LogP contribution is 2.24. The van der Waals surface area contributed by atoms with Crippen LogP contribution in [0.15, 0.2) is 42.9 Å². The Morgan fingerprint density at radius 2 is 2.19 bits per heavy atom. The largest absolute Gasteiger partial charge is 0.358 e. The molecule has 6 nitrogen and oxygen atoms in total. The summed E-state index contributed by atoms with van der Waals surface area (Å²) < 4.78 is 1.71. The number of nitrogens with one attached hydrogen (secondary N) is 2. The predicted molar refractivity (Wildman–Crippen MR) is 77.2 cm³/mol. The predicted octanol–water partition coefficient (Wildman–Crippen LogP) is 1.55. The molecule has 0 unspecified atom stereocenters. The fourth-order valence-corrected chi connectivity index (χ4v) is 2.56. The standard InChI is InChI=1S/C15H13N5O/c21-15-11-9-13(19-12(11)3-6-17-15)10-2-5-16-14(8-10)20-7-1-4-18-20/h1-2,4-5,7-9,19H,3,6H2,(H,17,21). The van der Waals surface area contributed by atoms with E-state index in [0.29, 0.717) is 6.54 Å². The number of H-pyrrole nitrogens is 1. The van der Waals surface area contributed by atoms with E-state index >= 15 is 0 Å². The van der Waals surface area contributed by atoms with Crippen LogP contribution in [-0.2, 0) is 6.42 Å². The highest BCUT2D eigenvalue weighted by Gasteiger charge is 2.20. The number of rotatable bonds is 2. The van der Waals surface area contributed by atoms with Crippen molar-refractivity contribution in [3.63, 3.8) is 0 Å². The van der Waals surface area contributed by atoms with Gasteiger partial charge in [-0.1, -0.05) is 0 Å². The van der Waals surface area contributed by atoms with E-state index in [1.165, 1.54) is 0 Å². The zero-order valence-electron chi connectivity index (χ0n) is 11.2.